The lowest BCUT2D eigenvalue weighted by atomic mass is 10.0. The summed E-state index contributed by atoms with van der Waals surface area (Å²) in [5, 5.41) is 11.7. The number of aryl methyl sites for hydroxylation is 2. The molecule has 0 aliphatic heterocycles. The minimum atomic E-state index is -0.492. The van der Waals surface area contributed by atoms with Gasteiger partial charge in [-0.25, -0.2) is 14.3 Å². The van der Waals surface area contributed by atoms with Gasteiger partial charge in [0.15, 0.2) is 0 Å². The fraction of sp³-hybridized carbons (Fsp3) is 0.150. The van der Waals surface area contributed by atoms with Crippen LogP contribution in [0.15, 0.2) is 58.0 Å². The summed E-state index contributed by atoms with van der Waals surface area (Å²) in [6.07, 6.45) is 1.46. The lowest BCUT2D eigenvalue weighted by Crippen LogP contribution is -2.08. The predicted molar refractivity (Wildman–Crippen MR) is 100 cm³/mol. The third kappa shape index (κ3) is 3.39. The number of rotatable bonds is 4. The van der Waals surface area contributed by atoms with E-state index in [1.807, 2.05) is 26.0 Å². The highest BCUT2D eigenvalue weighted by molar-refractivity contribution is 5.90. The summed E-state index contributed by atoms with van der Waals surface area (Å²) in [7, 11) is 0. The topological polar surface area (TPSA) is 100 Å². The second-order valence-corrected chi connectivity index (χ2v) is 6.40. The minimum absolute atomic E-state index is 0.0296. The average molecular weight is 376 g/mol. The number of nitrogens with zero attached hydrogens (tertiary/aromatic N) is 4. The Labute approximate surface area is 159 Å². The summed E-state index contributed by atoms with van der Waals surface area (Å²) in [5.74, 6) is -0.492. The third-order valence-electron chi connectivity index (χ3n) is 4.52. The molecule has 0 spiro atoms. The number of carbonyl (C=O) groups is 1. The van der Waals surface area contributed by atoms with E-state index in [9.17, 15) is 9.59 Å². The van der Waals surface area contributed by atoms with Gasteiger partial charge in [-0.15, -0.1) is 5.10 Å². The molecule has 4 aromatic rings. The predicted octanol–water partition coefficient (Wildman–Crippen LogP) is 2.74. The van der Waals surface area contributed by atoms with E-state index >= 15 is 0 Å². The molecule has 0 aliphatic carbocycles. The van der Waals surface area contributed by atoms with Crippen LogP contribution in [-0.2, 0) is 11.3 Å². The summed E-state index contributed by atoms with van der Waals surface area (Å²) in [5.41, 5.74) is 3.79. The van der Waals surface area contributed by atoms with Gasteiger partial charge in [-0.2, -0.15) is 0 Å². The number of carbonyl (C=O) groups excluding carboxylic acids is 1. The number of ether oxygens (including phenoxy) is 1. The van der Waals surface area contributed by atoms with Crippen molar-refractivity contribution in [1.82, 2.24) is 20.2 Å². The zero-order valence-corrected chi connectivity index (χ0v) is 15.2. The van der Waals surface area contributed by atoms with E-state index in [0.29, 0.717) is 16.7 Å². The van der Waals surface area contributed by atoms with Gasteiger partial charge in [-0.1, -0.05) is 0 Å². The molecule has 0 atom stereocenters. The molecule has 2 heterocycles. The van der Waals surface area contributed by atoms with E-state index in [2.05, 4.69) is 15.5 Å². The molecular formula is C20H16N4O4. The first kappa shape index (κ1) is 17.6. The van der Waals surface area contributed by atoms with Crippen molar-refractivity contribution in [3.05, 3.63) is 81.5 Å². The van der Waals surface area contributed by atoms with Gasteiger partial charge in [0.25, 0.3) is 0 Å². The molecule has 0 amide bonds. The molecule has 2 aromatic carbocycles. The Balaban J connectivity index is 1.55. The zero-order valence-electron chi connectivity index (χ0n) is 15.2. The number of hydrogen-bond donors (Lipinski definition) is 0. The van der Waals surface area contributed by atoms with Crippen molar-refractivity contribution < 1.29 is 13.9 Å². The molecule has 0 bridgehead atoms. The molecule has 0 aliphatic rings. The largest absolute Gasteiger partial charge is 0.457 e. The van der Waals surface area contributed by atoms with Crippen LogP contribution in [0.1, 0.15) is 27.0 Å². The molecule has 0 N–H and O–H groups in total. The molecule has 2 aromatic heterocycles. The quantitative estimate of drug-likeness (QED) is 0.399. The first-order valence-corrected chi connectivity index (χ1v) is 8.56. The first-order valence-electron chi connectivity index (χ1n) is 8.56. The summed E-state index contributed by atoms with van der Waals surface area (Å²) < 4.78 is 12.2. The highest BCUT2D eigenvalue weighted by Crippen LogP contribution is 2.22. The minimum Gasteiger partial charge on any atom is -0.457 e. The Morgan fingerprint density at radius 2 is 1.86 bits per heavy atom. The van der Waals surface area contributed by atoms with Crippen molar-refractivity contribution in [1.29, 1.82) is 0 Å². The van der Waals surface area contributed by atoms with Gasteiger partial charge in [-0.3, -0.25) is 0 Å². The highest BCUT2D eigenvalue weighted by Gasteiger charge is 2.12. The molecule has 0 saturated carbocycles. The van der Waals surface area contributed by atoms with E-state index < -0.39 is 11.6 Å². The number of aromatic nitrogens is 4. The van der Waals surface area contributed by atoms with Gasteiger partial charge in [0.1, 0.15) is 18.5 Å². The van der Waals surface area contributed by atoms with E-state index in [4.69, 9.17) is 9.15 Å². The van der Waals surface area contributed by atoms with Crippen LogP contribution >= 0.6 is 0 Å². The van der Waals surface area contributed by atoms with Crippen LogP contribution in [-0.4, -0.2) is 26.2 Å². The SMILES string of the molecule is Cc1cc2oc(=O)cc(COC(=O)c3ccc(-n4cnnn4)cc3)c2cc1C. The Morgan fingerprint density at radius 3 is 2.57 bits per heavy atom. The molecule has 4 rings (SSSR count). The number of esters is 1. The van der Waals surface area contributed by atoms with E-state index in [1.54, 1.807) is 24.3 Å². The van der Waals surface area contributed by atoms with Crippen LogP contribution < -0.4 is 5.63 Å². The maximum atomic E-state index is 12.4. The molecule has 0 saturated heterocycles. The Morgan fingerprint density at radius 1 is 1.11 bits per heavy atom. The van der Waals surface area contributed by atoms with Crippen LogP contribution in [0.2, 0.25) is 0 Å². The lowest BCUT2D eigenvalue weighted by Gasteiger charge is -2.09. The standard InChI is InChI=1S/C20H16N4O4/c1-12-7-17-15(9-19(25)28-18(17)8-13(12)2)10-27-20(26)14-3-5-16(6-4-14)24-11-21-22-23-24/h3-9,11H,10H2,1-2H3. The smallest absolute Gasteiger partial charge is 0.338 e. The second-order valence-electron chi connectivity index (χ2n) is 6.40. The fourth-order valence-corrected chi connectivity index (χ4v) is 2.86. The van der Waals surface area contributed by atoms with Crippen molar-refractivity contribution in [2.45, 2.75) is 20.5 Å². The van der Waals surface area contributed by atoms with Crippen LogP contribution in [0.3, 0.4) is 0 Å². The number of benzene rings is 2. The molecule has 0 radical (unpaired) electrons. The van der Waals surface area contributed by atoms with Crippen LogP contribution in [0.5, 0.6) is 0 Å². The molecule has 0 unspecified atom stereocenters. The number of tetrazole rings is 1. The van der Waals surface area contributed by atoms with Crippen LogP contribution in [0, 0.1) is 13.8 Å². The summed E-state index contributed by atoms with van der Waals surface area (Å²) in [6.45, 7) is 3.89. The van der Waals surface area contributed by atoms with Crippen molar-refractivity contribution >= 4 is 16.9 Å². The molecule has 8 nitrogen and oxygen atoms in total. The van der Waals surface area contributed by atoms with Crippen LogP contribution in [0.25, 0.3) is 16.7 Å². The third-order valence-corrected chi connectivity index (χ3v) is 4.52. The summed E-state index contributed by atoms with van der Waals surface area (Å²) in [4.78, 5) is 24.2. The highest BCUT2D eigenvalue weighted by atomic mass is 16.5. The van der Waals surface area contributed by atoms with E-state index in [1.165, 1.54) is 17.1 Å². The van der Waals surface area contributed by atoms with Gasteiger partial charge in [0.2, 0.25) is 0 Å². The van der Waals surface area contributed by atoms with Gasteiger partial charge >= 0.3 is 11.6 Å². The van der Waals surface area contributed by atoms with Crippen molar-refractivity contribution in [3.63, 3.8) is 0 Å². The monoisotopic (exact) mass is 376 g/mol. The van der Waals surface area contributed by atoms with E-state index in [-0.39, 0.29) is 6.61 Å². The summed E-state index contributed by atoms with van der Waals surface area (Å²) >= 11 is 0. The molecule has 8 heteroatoms. The normalized spacial score (nSPS) is 10.9. The van der Waals surface area contributed by atoms with Gasteiger partial charge < -0.3 is 9.15 Å². The zero-order chi connectivity index (χ0) is 19.7. The van der Waals surface area contributed by atoms with Crippen molar-refractivity contribution in [3.8, 4) is 5.69 Å². The molecular weight excluding hydrogens is 360 g/mol. The second kappa shape index (κ2) is 7.07. The average Bonchev–Trinajstić information content (AvgIpc) is 3.22. The van der Waals surface area contributed by atoms with Crippen molar-refractivity contribution in [2.24, 2.45) is 0 Å². The lowest BCUT2D eigenvalue weighted by molar-refractivity contribution is 0.0474. The van der Waals surface area contributed by atoms with Gasteiger partial charge in [-0.05, 0) is 71.8 Å². The maximum Gasteiger partial charge on any atom is 0.338 e. The van der Waals surface area contributed by atoms with Crippen LogP contribution in [0.4, 0.5) is 0 Å². The fourth-order valence-electron chi connectivity index (χ4n) is 2.86. The summed E-state index contributed by atoms with van der Waals surface area (Å²) in [6, 6.07) is 11.8. The number of fused-ring (bicyclic) bond motifs is 1. The van der Waals surface area contributed by atoms with Gasteiger partial charge in [0, 0.05) is 17.0 Å². The molecule has 28 heavy (non-hydrogen) atoms. The molecule has 140 valence electrons. The Kier molecular flexibility index (Phi) is 4.44. The first-order chi connectivity index (χ1) is 13.5. The van der Waals surface area contributed by atoms with Gasteiger partial charge in [0.05, 0.1) is 11.3 Å². The maximum absolute atomic E-state index is 12.4. The van der Waals surface area contributed by atoms with E-state index in [0.717, 1.165) is 22.2 Å². The molecule has 0 fully saturated rings. The number of hydrogen-bond acceptors (Lipinski definition) is 7. The van der Waals surface area contributed by atoms with Crippen molar-refractivity contribution in [2.75, 3.05) is 0 Å². The Hall–Kier alpha value is -3.81. The Bertz CT molecular complexity index is 1210.